The van der Waals surface area contributed by atoms with Crippen molar-refractivity contribution in [3.8, 4) is 0 Å². The minimum absolute atomic E-state index is 0.00623. The molecule has 1 saturated heterocycles. The van der Waals surface area contributed by atoms with E-state index in [1.54, 1.807) is 24.1 Å². The molecule has 0 unspecified atom stereocenters. The average molecular weight is 344 g/mol. The number of methoxy groups -OCH3 is 1. The van der Waals surface area contributed by atoms with Crippen molar-refractivity contribution in [1.29, 1.82) is 0 Å². The number of aromatic nitrogens is 4. The number of nitrogens with two attached hydrogens (primary N) is 1. The predicted molar refractivity (Wildman–Crippen MR) is 91.8 cm³/mol. The molecule has 25 heavy (non-hydrogen) atoms. The van der Waals surface area contributed by atoms with Gasteiger partial charge in [0.25, 0.3) is 5.91 Å². The highest BCUT2D eigenvalue weighted by atomic mass is 16.5. The lowest BCUT2D eigenvalue weighted by atomic mass is 10.2. The van der Waals surface area contributed by atoms with Gasteiger partial charge in [-0.2, -0.15) is 10.2 Å². The highest BCUT2D eigenvalue weighted by Gasteiger charge is 2.36. The van der Waals surface area contributed by atoms with Crippen molar-refractivity contribution < 1.29 is 9.53 Å². The van der Waals surface area contributed by atoms with Crippen LogP contribution in [0.15, 0.2) is 24.7 Å². The predicted octanol–water partition coefficient (Wildman–Crippen LogP) is 1.00. The minimum Gasteiger partial charge on any atom is -0.382 e. The fraction of sp³-hybridized carbons (Fsp3) is 0.588. The zero-order chi connectivity index (χ0) is 17.4. The van der Waals surface area contributed by atoms with Crippen LogP contribution in [0.1, 0.15) is 29.6 Å². The maximum atomic E-state index is 13.0. The quantitative estimate of drug-likeness (QED) is 0.844. The topological polar surface area (TPSA) is 91.2 Å². The molecule has 2 aliphatic rings. The summed E-state index contributed by atoms with van der Waals surface area (Å²) in [6, 6.07) is 1.79. The highest BCUT2D eigenvalue weighted by molar-refractivity contribution is 5.94. The summed E-state index contributed by atoms with van der Waals surface area (Å²) < 4.78 is 9.17. The number of nitrogen functional groups attached to an aromatic ring is 1. The van der Waals surface area contributed by atoms with Crippen molar-refractivity contribution in [1.82, 2.24) is 24.5 Å². The van der Waals surface area contributed by atoms with E-state index < -0.39 is 0 Å². The molecule has 1 saturated carbocycles. The first-order valence-corrected chi connectivity index (χ1v) is 8.77. The van der Waals surface area contributed by atoms with Crippen LogP contribution in [0, 0.1) is 5.92 Å². The summed E-state index contributed by atoms with van der Waals surface area (Å²) in [4.78, 5) is 14.9. The molecule has 0 radical (unpaired) electrons. The van der Waals surface area contributed by atoms with E-state index in [4.69, 9.17) is 10.5 Å². The van der Waals surface area contributed by atoms with Gasteiger partial charge in [-0.3, -0.25) is 14.2 Å². The molecule has 2 fully saturated rings. The van der Waals surface area contributed by atoms with Crippen LogP contribution in [-0.4, -0.2) is 56.2 Å². The number of hydrogen-bond donors (Lipinski definition) is 1. The Hall–Kier alpha value is -2.35. The normalized spacial score (nSPS) is 23.3. The third-order valence-corrected chi connectivity index (χ3v) is 5.05. The molecule has 1 amide bonds. The van der Waals surface area contributed by atoms with E-state index in [1.807, 2.05) is 22.0 Å². The van der Waals surface area contributed by atoms with E-state index in [0.717, 1.165) is 18.9 Å². The van der Waals surface area contributed by atoms with Gasteiger partial charge in [0, 0.05) is 32.6 Å². The molecule has 134 valence electrons. The first kappa shape index (κ1) is 16.1. The van der Waals surface area contributed by atoms with E-state index in [0.29, 0.717) is 24.5 Å². The Bertz CT molecular complexity index is 750. The number of carbonyl (C=O) groups excluding carboxylic acids is 1. The molecule has 0 aromatic carbocycles. The lowest BCUT2D eigenvalue weighted by molar-refractivity contribution is 0.0678. The Morgan fingerprint density at radius 2 is 2.20 bits per heavy atom. The molecule has 2 aromatic rings. The second-order valence-electron chi connectivity index (χ2n) is 7.06. The van der Waals surface area contributed by atoms with Crippen LogP contribution in [0.3, 0.4) is 0 Å². The van der Waals surface area contributed by atoms with E-state index in [9.17, 15) is 4.79 Å². The van der Waals surface area contributed by atoms with E-state index in [1.165, 1.54) is 12.8 Å². The van der Waals surface area contributed by atoms with Crippen LogP contribution in [-0.2, 0) is 17.8 Å². The van der Waals surface area contributed by atoms with Crippen LogP contribution in [0.2, 0.25) is 0 Å². The summed E-state index contributed by atoms with van der Waals surface area (Å²) in [5.74, 6) is 1.22. The smallest absolute Gasteiger partial charge is 0.257 e. The lowest BCUT2D eigenvalue weighted by Crippen LogP contribution is -2.38. The van der Waals surface area contributed by atoms with Gasteiger partial charge in [-0.25, -0.2) is 0 Å². The molecular weight excluding hydrogens is 320 g/mol. The summed E-state index contributed by atoms with van der Waals surface area (Å²) in [7, 11) is 1.69. The lowest BCUT2D eigenvalue weighted by Gasteiger charge is -2.23. The maximum absolute atomic E-state index is 13.0. The zero-order valence-electron chi connectivity index (χ0n) is 14.4. The van der Waals surface area contributed by atoms with Crippen LogP contribution in [0.5, 0.6) is 0 Å². The van der Waals surface area contributed by atoms with Gasteiger partial charge in [0.1, 0.15) is 5.82 Å². The van der Waals surface area contributed by atoms with Crippen molar-refractivity contribution in [3.63, 3.8) is 0 Å². The second-order valence-corrected chi connectivity index (χ2v) is 7.06. The number of ether oxygens (including phenoxy) is 1. The SMILES string of the molecule is CO[C@H]1C[C@@H](Cn2ccc(N)n2)N(C(=O)c2cnn(CC3CC3)c2)C1. The molecule has 2 aromatic heterocycles. The molecule has 1 aliphatic carbocycles. The van der Waals surface area contributed by atoms with Crippen molar-refractivity contribution in [2.75, 3.05) is 19.4 Å². The van der Waals surface area contributed by atoms with Gasteiger partial charge in [0.05, 0.1) is 30.5 Å². The largest absolute Gasteiger partial charge is 0.382 e. The Morgan fingerprint density at radius 3 is 2.88 bits per heavy atom. The van der Waals surface area contributed by atoms with Crippen molar-refractivity contribution >= 4 is 11.7 Å². The molecule has 2 N–H and O–H groups in total. The summed E-state index contributed by atoms with van der Waals surface area (Å²) in [5.41, 5.74) is 6.33. The fourth-order valence-electron chi connectivity index (χ4n) is 3.47. The van der Waals surface area contributed by atoms with Crippen LogP contribution >= 0.6 is 0 Å². The van der Waals surface area contributed by atoms with Gasteiger partial charge in [0.2, 0.25) is 0 Å². The Balaban J connectivity index is 1.48. The second kappa shape index (κ2) is 6.51. The van der Waals surface area contributed by atoms with Crippen molar-refractivity contribution in [2.45, 2.75) is 44.5 Å². The third-order valence-electron chi connectivity index (χ3n) is 5.05. The van der Waals surface area contributed by atoms with Gasteiger partial charge in [-0.15, -0.1) is 0 Å². The van der Waals surface area contributed by atoms with Gasteiger partial charge in [-0.1, -0.05) is 0 Å². The number of carbonyl (C=O) groups is 1. The summed E-state index contributed by atoms with van der Waals surface area (Å²) in [6.45, 7) is 2.10. The first-order valence-electron chi connectivity index (χ1n) is 8.77. The van der Waals surface area contributed by atoms with Crippen molar-refractivity contribution in [2.24, 2.45) is 5.92 Å². The van der Waals surface area contributed by atoms with Crippen LogP contribution in [0.25, 0.3) is 0 Å². The zero-order valence-corrected chi connectivity index (χ0v) is 14.4. The first-order chi connectivity index (χ1) is 12.1. The third kappa shape index (κ3) is 3.53. The highest BCUT2D eigenvalue weighted by Crippen LogP contribution is 2.30. The van der Waals surface area contributed by atoms with Gasteiger partial charge in [0.15, 0.2) is 0 Å². The summed E-state index contributed by atoms with van der Waals surface area (Å²) in [6.07, 6.45) is 8.74. The van der Waals surface area contributed by atoms with Crippen LogP contribution in [0.4, 0.5) is 5.82 Å². The molecular formula is C17H24N6O2. The summed E-state index contributed by atoms with van der Waals surface area (Å²) >= 11 is 0. The fourth-order valence-corrected chi connectivity index (χ4v) is 3.47. The van der Waals surface area contributed by atoms with Gasteiger partial charge in [-0.05, 0) is 31.2 Å². The molecule has 0 bridgehead atoms. The molecule has 0 spiro atoms. The van der Waals surface area contributed by atoms with Gasteiger partial charge >= 0.3 is 0 Å². The molecule has 3 heterocycles. The maximum Gasteiger partial charge on any atom is 0.257 e. The Kier molecular flexibility index (Phi) is 4.20. The van der Waals surface area contributed by atoms with E-state index >= 15 is 0 Å². The van der Waals surface area contributed by atoms with Crippen molar-refractivity contribution in [3.05, 3.63) is 30.2 Å². The summed E-state index contributed by atoms with van der Waals surface area (Å²) in [5, 5.41) is 8.58. The number of rotatable bonds is 6. The van der Waals surface area contributed by atoms with E-state index in [-0.39, 0.29) is 18.1 Å². The Morgan fingerprint density at radius 1 is 1.36 bits per heavy atom. The van der Waals surface area contributed by atoms with E-state index in [2.05, 4.69) is 10.2 Å². The minimum atomic E-state index is 0.00623. The number of likely N-dealkylation sites (tertiary alicyclic amines) is 1. The van der Waals surface area contributed by atoms with Crippen LogP contribution < -0.4 is 5.73 Å². The Labute approximate surface area is 146 Å². The molecule has 8 heteroatoms. The average Bonchev–Trinajstić information content (AvgIpc) is 2.99. The number of anilines is 1. The number of hydrogen-bond acceptors (Lipinski definition) is 5. The number of amides is 1. The molecule has 1 aliphatic heterocycles. The molecule has 4 rings (SSSR count). The monoisotopic (exact) mass is 344 g/mol. The molecule has 8 nitrogen and oxygen atoms in total. The van der Waals surface area contributed by atoms with Gasteiger partial charge < -0.3 is 15.4 Å². The standard InChI is InChI=1S/C17H24N6O2/c1-25-15-6-14(10-21-5-4-16(18)20-21)23(11-15)17(24)13-7-19-22(9-13)8-12-2-3-12/h4-5,7,9,12,14-15H,2-3,6,8,10-11H2,1H3,(H2,18,20)/t14-,15-/m0/s1. The molecule has 2 atom stereocenters. The number of nitrogens with zero attached hydrogens (tertiary/aromatic N) is 5.